The molecule has 0 heterocycles. The number of carbonyl (C=O) groups excluding carboxylic acids is 1. The number of fused-ring (bicyclic) bond motifs is 2. The molecule has 0 N–H and O–H groups in total. The number of rotatable bonds is 13. The number of benzene rings is 4. The van der Waals surface area contributed by atoms with E-state index in [4.69, 9.17) is 14.2 Å². The molecule has 0 amide bonds. The Kier molecular flexibility index (Phi) is 10.9. The van der Waals surface area contributed by atoms with Crippen molar-refractivity contribution in [1.29, 1.82) is 0 Å². The van der Waals surface area contributed by atoms with Crippen LogP contribution in [0.3, 0.4) is 0 Å². The number of esters is 1. The quantitative estimate of drug-likeness (QED) is 0.150. The van der Waals surface area contributed by atoms with Crippen molar-refractivity contribution in [2.24, 2.45) is 0 Å². The van der Waals surface area contributed by atoms with E-state index in [2.05, 4.69) is 85.6 Å². The number of carbonyl (C=O) groups is 1. The fourth-order valence-electron chi connectivity index (χ4n) is 6.26. The molecule has 1 aliphatic carbocycles. The van der Waals surface area contributed by atoms with Crippen molar-refractivity contribution >= 4 is 5.97 Å². The van der Waals surface area contributed by atoms with Crippen LogP contribution < -0.4 is 4.74 Å². The van der Waals surface area contributed by atoms with Gasteiger partial charge < -0.3 is 14.2 Å². The lowest BCUT2D eigenvalue weighted by Crippen LogP contribution is -2.30. The third-order valence-corrected chi connectivity index (χ3v) is 8.58. The van der Waals surface area contributed by atoms with E-state index in [0.717, 1.165) is 43.5 Å². The van der Waals surface area contributed by atoms with E-state index in [1.807, 2.05) is 24.3 Å². The maximum absolute atomic E-state index is 12.1. The zero-order chi connectivity index (χ0) is 30.9. The number of nitrogens with zero attached hydrogens (tertiary/aromatic N) is 1. The van der Waals surface area contributed by atoms with Crippen LogP contribution in [0.15, 0.2) is 91.0 Å². The molecule has 5 rings (SSSR count). The molecule has 0 fully saturated rings. The molecule has 0 bridgehead atoms. The minimum atomic E-state index is -0.610. The summed E-state index contributed by atoms with van der Waals surface area (Å²) < 4.78 is 16.7. The fraction of sp³-hybridized carbons (Fsp3) is 0.359. The van der Waals surface area contributed by atoms with Crippen molar-refractivity contribution in [3.8, 4) is 16.9 Å². The maximum atomic E-state index is 12.1. The van der Waals surface area contributed by atoms with Crippen LogP contribution in [0.25, 0.3) is 11.1 Å². The van der Waals surface area contributed by atoms with Gasteiger partial charge in [0.05, 0.1) is 12.6 Å². The number of ether oxygens (including phenoxy) is 3. The molecule has 0 radical (unpaired) electrons. The molecule has 44 heavy (non-hydrogen) atoms. The molecule has 0 spiro atoms. The van der Waals surface area contributed by atoms with Crippen LogP contribution in [-0.2, 0) is 40.0 Å². The number of likely N-dealkylation sites (N-methyl/N-ethyl adjacent to an activating group) is 1. The minimum absolute atomic E-state index is 0.140. The normalized spacial score (nSPS) is 14.8. The average molecular weight is 592 g/mol. The van der Waals surface area contributed by atoms with Crippen molar-refractivity contribution in [2.45, 2.75) is 58.1 Å². The molecule has 2 atom stereocenters. The number of aryl methyl sites for hydroxylation is 3. The topological polar surface area (TPSA) is 48.0 Å². The zero-order valence-electron chi connectivity index (χ0n) is 26.6. The van der Waals surface area contributed by atoms with Crippen LogP contribution >= 0.6 is 0 Å². The molecule has 230 valence electrons. The van der Waals surface area contributed by atoms with E-state index in [-0.39, 0.29) is 12.0 Å². The van der Waals surface area contributed by atoms with Gasteiger partial charge >= 0.3 is 5.97 Å². The second-order valence-electron chi connectivity index (χ2n) is 11.6. The molecule has 0 aliphatic heterocycles. The number of hydrogen-bond donors (Lipinski definition) is 0. The maximum Gasteiger partial charge on any atom is 0.335 e. The molecule has 2 unspecified atom stereocenters. The van der Waals surface area contributed by atoms with Crippen molar-refractivity contribution in [3.05, 3.63) is 124 Å². The van der Waals surface area contributed by atoms with E-state index < -0.39 is 6.10 Å². The van der Waals surface area contributed by atoms with Gasteiger partial charge in [-0.1, -0.05) is 86.1 Å². The van der Waals surface area contributed by atoms with Gasteiger partial charge in [-0.25, -0.2) is 4.79 Å². The van der Waals surface area contributed by atoms with Crippen LogP contribution in [0.4, 0.5) is 0 Å². The largest absolute Gasteiger partial charge is 0.492 e. The van der Waals surface area contributed by atoms with Gasteiger partial charge in [0.2, 0.25) is 0 Å². The summed E-state index contributed by atoms with van der Waals surface area (Å²) in [5.74, 6) is 0.474. The Bertz CT molecular complexity index is 1520. The summed E-state index contributed by atoms with van der Waals surface area (Å²) in [6.07, 6.45) is 4.21. The standard InChI is InChI=1S/C39H45NO4/c1-5-10-28-15-22-35-33(25-28)19-17-31-16-18-32(30-11-8-7-9-12-30)27-36(31)38(35)40(3)23-24-44-34-20-13-29(14-21-34)26-37(42-4)39(41)43-6-2/h7-9,11-16,18,20-22,25,27,37-38H,5-6,10,17,19,23-24,26H2,1-4H3. The van der Waals surface area contributed by atoms with Crippen molar-refractivity contribution in [2.75, 3.05) is 33.9 Å². The van der Waals surface area contributed by atoms with Crippen LogP contribution in [0.1, 0.15) is 59.7 Å². The van der Waals surface area contributed by atoms with Gasteiger partial charge in [-0.2, -0.15) is 0 Å². The first-order valence-corrected chi connectivity index (χ1v) is 15.9. The van der Waals surface area contributed by atoms with Gasteiger partial charge in [-0.15, -0.1) is 0 Å². The molecular weight excluding hydrogens is 546 g/mol. The van der Waals surface area contributed by atoms with Crippen molar-refractivity contribution < 1.29 is 19.0 Å². The van der Waals surface area contributed by atoms with E-state index in [9.17, 15) is 4.79 Å². The highest BCUT2D eigenvalue weighted by Crippen LogP contribution is 2.38. The fourth-order valence-corrected chi connectivity index (χ4v) is 6.26. The smallest absolute Gasteiger partial charge is 0.335 e. The van der Waals surface area contributed by atoms with Crippen LogP contribution in [0.5, 0.6) is 5.75 Å². The molecule has 4 aromatic rings. The first-order chi connectivity index (χ1) is 21.5. The van der Waals surface area contributed by atoms with Gasteiger partial charge in [0.1, 0.15) is 12.4 Å². The third-order valence-electron chi connectivity index (χ3n) is 8.58. The molecule has 5 nitrogen and oxygen atoms in total. The lowest BCUT2D eigenvalue weighted by Gasteiger charge is -2.31. The van der Waals surface area contributed by atoms with Crippen molar-refractivity contribution in [1.82, 2.24) is 4.90 Å². The monoisotopic (exact) mass is 591 g/mol. The summed E-state index contributed by atoms with van der Waals surface area (Å²) in [5, 5.41) is 0. The highest BCUT2D eigenvalue weighted by atomic mass is 16.6. The number of methoxy groups -OCH3 is 1. The second-order valence-corrected chi connectivity index (χ2v) is 11.6. The Morgan fingerprint density at radius 1 is 0.841 bits per heavy atom. The van der Waals surface area contributed by atoms with Crippen LogP contribution in [0, 0.1) is 0 Å². The Morgan fingerprint density at radius 3 is 2.32 bits per heavy atom. The first-order valence-electron chi connectivity index (χ1n) is 15.9. The van der Waals surface area contributed by atoms with Gasteiger partial charge in [0.25, 0.3) is 0 Å². The molecule has 5 heteroatoms. The van der Waals surface area contributed by atoms with Gasteiger partial charge in [0, 0.05) is 20.1 Å². The first kappa shape index (κ1) is 31.5. The Hall–Kier alpha value is -3.93. The van der Waals surface area contributed by atoms with Gasteiger partial charge in [-0.3, -0.25) is 4.90 Å². The minimum Gasteiger partial charge on any atom is -0.492 e. The third kappa shape index (κ3) is 7.58. The highest BCUT2D eigenvalue weighted by Gasteiger charge is 2.28. The Balaban J connectivity index is 1.33. The average Bonchev–Trinajstić information content (AvgIpc) is 3.21. The number of hydrogen-bond acceptors (Lipinski definition) is 5. The van der Waals surface area contributed by atoms with E-state index in [0.29, 0.717) is 19.6 Å². The summed E-state index contributed by atoms with van der Waals surface area (Å²) in [5.41, 5.74) is 10.6. The van der Waals surface area contributed by atoms with Gasteiger partial charge in [0.15, 0.2) is 6.10 Å². The van der Waals surface area contributed by atoms with Crippen LogP contribution in [0.2, 0.25) is 0 Å². The SMILES string of the molecule is CCCc1ccc2c(c1)CCc1ccc(-c3ccccc3)cc1C2N(C)CCOc1ccc(CC(OC)C(=O)OCC)cc1. The Labute approximate surface area is 262 Å². The summed E-state index contributed by atoms with van der Waals surface area (Å²) >= 11 is 0. The Morgan fingerprint density at radius 2 is 1.59 bits per heavy atom. The van der Waals surface area contributed by atoms with Gasteiger partial charge in [-0.05, 0) is 95.9 Å². The summed E-state index contributed by atoms with van der Waals surface area (Å²) in [6, 6.07) is 32.9. The van der Waals surface area contributed by atoms with Crippen LogP contribution in [-0.4, -0.2) is 50.9 Å². The molecule has 0 saturated heterocycles. The zero-order valence-corrected chi connectivity index (χ0v) is 26.6. The highest BCUT2D eigenvalue weighted by molar-refractivity contribution is 5.75. The molecule has 0 aromatic heterocycles. The van der Waals surface area contributed by atoms with E-state index >= 15 is 0 Å². The lowest BCUT2D eigenvalue weighted by molar-refractivity contribution is -0.154. The predicted octanol–water partition coefficient (Wildman–Crippen LogP) is 7.63. The predicted molar refractivity (Wildman–Crippen MR) is 177 cm³/mol. The molecule has 1 aliphatic rings. The molecular formula is C39H45NO4. The summed E-state index contributed by atoms with van der Waals surface area (Å²) in [7, 11) is 3.75. The second kappa shape index (κ2) is 15.2. The van der Waals surface area contributed by atoms with E-state index in [1.54, 1.807) is 6.92 Å². The van der Waals surface area contributed by atoms with E-state index in [1.165, 1.54) is 46.1 Å². The molecule has 0 saturated carbocycles. The van der Waals surface area contributed by atoms with Crippen molar-refractivity contribution in [3.63, 3.8) is 0 Å². The molecule has 4 aromatic carbocycles. The lowest BCUT2D eigenvalue weighted by atomic mass is 9.90. The summed E-state index contributed by atoms with van der Waals surface area (Å²) in [6.45, 7) is 5.72. The summed E-state index contributed by atoms with van der Waals surface area (Å²) in [4.78, 5) is 14.6.